The van der Waals surface area contributed by atoms with E-state index >= 15 is 0 Å². The van der Waals surface area contributed by atoms with Crippen LogP contribution in [0.25, 0.3) is 11.0 Å². The SMILES string of the molecule is CC(C)(C)c1cccc2nc3n(c12)CCCC3. The van der Waals surface area contributed by atoms with E-state index in [1.807, 2.05) is 0 Å². The molecule has 0 saturated heterocycles. The number of benzene rings is 1. The molecule has 90 valence electrons. The summed E-state index contributed by atoms with van der Waals surface area (Å²) in [6.45, 7) is 7.98. The average Bonchev–Trinajstić information content (AvgIpc) is 2.65. The Hall–Kier alpha value is -1.31. The molecule has 17 heavy (non-hydrogen) atoms. The van der Waals surface area contributed by atoms with Crippen molar-refractivity contribution in [3.05, 3.63) is 29.6 Å². The Balaban J connectivity index is 2.33. The number of imidazole rings is 1. The summed E-state index contributed by atoms with van der Waals surface area (Å²) in [5.74, 6) is 1.28. The van der Waals surface area contributed by atoms with Gasteiger partial charge in [-0.2, -0.15) is 0 Å². The Bertz CT molecular complexity index is 558. The third kappa shape index (κ3) is 1.67. The molecule has 3 rings (SSSR count). The van der Waals surface area contributed by atoms with Crippen LogP contribution in [0.2, 0.25) is 0 Å². The normalized spacial score (nSPS) is 16.2. The molecule has 2 aromatic rings. The van der Waals surface area contributed by atoms with E-state index in [1.54, 1.807) is 0 Å². The van der Waals surface area contributed by atoms with E-state index in [-0.39, 0.29) is 5.41 Å². The van der Waals surface area contributed by atoms with E-state index in [1.165, 1.54) is 35.3 Å². The second-order valence-corrected chi connectivity index (χ2v) is 6.06. The minimum Gasteiger partial charge on any atom is -0.328 e. The van der Waals surface area contributed by atoms with Gasteiger partial charge >= 0.3 is 0 Å². The second-order valence-electron chi connectivity index (χ2n) is 6.06. The van der Waals surface area contributed by atoms with Crippen LogP contribution in [-0.4, -0.2) is 9.55 Å². The maximum Gasteiger partial charge on any atom is 0.109 e. The minimum atomic E-state index is 0.188. The van der Waals surface area contributed by atoms with Crippen LogP contribution in [0.3, 0.4) is 0 Å². The lowest BCUT2D eigenvalue weighted by molar-refractivity contribution is 0.526. The molecule has 0 atom stereocenters. The topological polar surface area (TPSA) is 17.8 Å². The monoisotopic (exact) mass is 228 g/mol. The Morgan fingerprint density at radius 3 is 2.76 bits per heavy atom. The van der Waals surface area contributed by atoms with Crippen molar-refractivity contribution < 1.29 is 0 Å². The Morgan fingerprint density at radius 2 is 2.00 bits per heavy atom. The van der Waals surface area contributed by atoms with Crippen LogP contribution in [0.15, 0.2) is 18.2 Å². The van der Waals surface area contributed by atoms with Gasteiger partial charge in [0.2, 0.25) is 0 Å². The van der Waals surface area contributed by atoms with Gasteiger partial charge in [-0.15, -0.1) is 0 Å². The lowest BCUT2D eigenvalue weighted by Gasteiger charge is -2.22. The van der Waals surface area contributed by atoms with E-state index < -0.39 is 0 Å². The highest BCUT2D eigenvalue weighted by Gasteiger charge is 2.22. The first-order chi connectivity index (χ1) is 8.07. The van der Waals surface area contributed by atoms with E-state index in [0.717, 1.165) is 13.0 Å². The van der Waals surface area contributed by atoms with Crippen molar-refractivity contribution in [3.63, 3.8) is 0 Å². The molecular formula is C15H20N2. The highest BCUT2D eigenvalue weighted by molar-refractivity contribution is 5.81. The number of aromatic nitrogens is 2. The first kappa shape index (κ1) is 10.8. The summed E-state index contributed by atoms with van der Waals surface area (Å²) in [4.78, 5) is 4.79. The average molecular weight is 228 g/mol. The van der Waals surface area contributed by atoms with Crippen LogP contribution in [0.4, 0.5) is 0 Å². The van der Waals surface area contributed by atoms with Crippen molar-refractivity contribution in [2.45, 2.75) is 52.0 Å². The standard InChI is InChI=1S/C15H20N2/c1-15(2,3)11-7-6-8-12-14(11)17-10-5-4-9-13(17)16-12/h6-8H,4-5,9-10H2,1-3H3. The van der Waals surface area contributed by atoms with Crippen LogP contribution >= 0.6 is 0 Å². The van der Waals surface area contributed by atoms with Crippen LogP contribution in [0, 0.1) is 0 Å². The third-order valence-electron chi connectivity index (χ3n) is 3.69. The minimum absolute atomic E-state index is 0.188. The lowest BCUT2D eigenvalue weighted by atomic mass is 9.86. The molecular weight excluding hydrogens is 208 g/mol. The fourth-order valence-corrected chi connectivity index (χ4v) is 2.82. The highest BCUT2D eigenvalue weighted by Crippen LogP contribution is 2.32. The molecule has 1 aromatic carbocycles. The molecule has 2 heteroatoms. The molecule has 0 bridgehead atoms. The number of aryl methyl sites for hydroxylation is 2. The molecule has 2 nitrogen and oxygen atoms in total. The quantitative estimate of drug-likeness (QED) is 0.672. The van der Waals surface area contributed by atoms with Gasteiger partial charge in [0.25, 0.3) is 0 Å². The smallest absolute Gasteiger partial charge is 0.109 e. The fourth-order valence-electron chi connectivity index (χ4n) is 2.82. The van der Waals surface area contributed by atoms with Gasteiger partial charge in [-0.3, -0.25) is 0 Å². The molecule has 1 aliphatic rings. The first-order valence-electron chi connectivity index (χ1n) is 6.56. The molecule has 0 aliphatic carbocycles. The highest BCUT2D eigenvalue weighted by atomic mass is 15.1. The molecule has 0 unspecified atom stereocenters. The number of hydrogen-bond donors (Lipinski definition) is 0. The van der Waals surface area contributed by atoms with E-state index in [9.17, 15) is 0 Å². The van der Waals surface area contributed by atoms with Gasteiger partial charge in [-0.1, -0.05) is 32.9 Å². The van der Waals surface area contributed by atoms with E-state index in [4.69, 9.17) is 4.98 Å². The number of para-hydroxylation sites is 1. The second kappa shape index (κ2) is 3.59. The molecule has 2 heterocycles. The van der Waals surface area contributed by atoms with E-state index in [0.29, 0.717) is 0 Å². The summed E-state index contributed by atoms with van der Waals surface area (Å²) in [5.41, 5.74) is 4.16. The van der Waals surface area contributed by atoms with Crippen molar-refractivity contribution in [2.24, 2.45) is 0 Å². The zero-order valence-electron chi connectivity index (χ0n) is 11.0. The molecule has 1 aliphatic heterocycles. The molecule has 0 radical (unpaired) electrons. The maximum absolute atomic E-state index is 4.79. The van der Waals surface area contributed by atoms with Crippen molar-refractivity contribution in [1.29, 1.82) is 0 Å². The zero-order chi connectivity index (χ0) is 12.0. The first-order valence-corrected chi connectivity index (χ1v) is 6.56. The molecule has 0 spiro atoms. The maximum atomic E-state index is 4.79. The summed E-state index contributed by atoms with van der Waals surface area (Å²) >= 11 is 0. The van der Waals surface area contributed by atoms with Gasteiger partial charge in [0, 0.05) is 13.0 Å². The summed E-state index contributed by atoms with van der Waals surface area (Å²) in [7, 11) is 0. The summed E-state index contributed by atoms with van der Waals surface area (Å²) in [5, 5.41) is 0. The predicted molar refractivity (Wildman–Crippen MR) is 71.4 cm³/mol. The molecule has 1 aromatic heterocycles. The number of fused-ring (bicyclic) bond motifs is 3. The Labute approximate surface area is 103 Å². The molecule has 0 saturated carbocycles. The molecule has 0 amide bonds. The predicted octanol–water partition coefficient (Wildman–Crippen LogP) is 3.67. The molecule has 0 N–H and O–H groups in total. The fraction of sp³-hybridized carbons (Fsp3) is 0.533. The van der Waals surface area contributed by atoms with Gasteiger partial charge in [-0.25, -0.2) is 4.98 Å². The Kier molecular flexibility index (Phi) is 2.29. The van der Waals surface area contributed by atoms with Gasteiger partial charge in [0.05, 0.1) is 11.0 Å². The van der Waals surface area contributed by atoms with Crippen molar-refractivity contribution in [2.75, 3.05) is 0 Å². The van der Waals surface area contributed by atoms with Crippen molar-refractivity contribution in [3.8, 4) is 0 Å². The van der Waals surface area contributed by atoms with Crippen molar-refractivity contribution >= 4 is 11.0 Å². The van der Waals surface area contributed by atoms with Crippen LogP contribution in [-0.2, 0) is 18.4 Å². The number of rotatable bonds is 0. The van der Waals surface area contributed by atoms with Crippen LogP contribution in [0.5, 0.6) is 0 Å². The van der Waals surface area contributed by atoms with Crippen LogP contribution < -0.4 is 0 Å². The third-order valence-corrected chi connectivity index (χ3v) is 3.69. The van der Waals surface area contributed by atoms with Crippen molar-refractivity contribution in [1.82, 2.24) is 9.55 Å². The Morgan fingerprint density at radius 1 is 1.18 bits per heavy atom. The number of nitrogens with zero attached hydrogens (tertiary/aromatic N) is 2. The summed E-state index contributed by atoms with van der Waals surface area (Å²) < 4.78 is 2.44. The zero-order valence-corrected chi connectivity index (χ0v) is 11.0. The molecule has 0 fully saturated rings. The summed E-state index contributed by atoms with van der Waals surface area (Å²) in [6.07, 6.45) is 3.71. The lowest BCUT2D eigenvalue weighted by Crippen LogP contribution is -2.16. The van der Waals surface area contributed by atoms with Gasteiger partial charge in [-0.05, 0) is 29.9 Å². The summed E-state index contributed by atoms with van der Waals surface area (Å²) in [6, 6.07) is 6.55. The number of hydrogen-bond acceptors (Lipinski definition) is 1. The van der Waals surface area contributed by atoms with Gasteiger partial charge < -0.3 is 4.57 Å². The van der Waals surface area contributed by atoms with E-state index in [2.05, 4.69) is 43.5 Å². The largest absolute Gasteiger partial charge is 0.328 e. The van der Waals surface area contributed by atoms with Crippen LogP contribution in [0.1, 0.15) is 45.0 Å². The van der Waals surface area contributed by atoms with Gasteiger partial charge in [0.15, 0.2) is 0 Å². The van der Waals surface area contributed by atoms with Gasteiger partial charge in [0.1, 0.15) is 5.82 Å².